The Morgan fingerprint density at radius 2 is 2.03 bits per heavy atom. The molecule has 3 aromatic rings. The number of rotatable bonds is 9. The average Bonchev–Trinajstić information content (AvgIpc) is 3.40. The van der Waals surface area contributed by atoms with E-state index in [9.17, 15) is 4.79 Å². The van der Waals surface area contributed by atoms with E-state index >= 15 is 0 Å². The van der Waals surface area contributed by atoms with Gasteiger partial charge in [-0.25, -0.2) is 4.79 Å². The molecule has 0 fully saturated rings. The minimum absolute atomic E-state index is 0.00131. The standard InChI is InChI=1S/C22H23NO6/c1-15(2)13-27-19-8-6-16(11-20(19)25-3)7-9-22(24)28-14-17-12-21(29-23-17)18-5-4-10-26-18/h4-12,15H,13-14H2,1-3H3/b9-7+. The summed E-state index contributed by atoms with van der Waals surface area (Å²) in [4.78, 5) is 12.0. The van der Waals surface area contributed by atoms with Gasteiger partial charge in [0.25, 0.3) is 0 Å². The molecule has 7 heteroatoms. The van der Waals surface area contributed by atoms with E-state index in [0.717, 1.165) is 5.56 Å². The Labute approximate surface area is 168 Å². The second kappa shape index (κ2) is 9.64. The summed E-state index contributed by atoms with van der Waals surface area (Å²) in [5.41, 5.74) is 1.28. The quantitative estimate of drug-likeness (QED) is 0.381. The van der Waals surface area contributed by atoms with Gasteiger partial charge in [-0.15, -0.1) is 0 Å². The van der Waals surface area contributed by atoms with Gasteiger partial charge in [-0.1, -0.05) is 25.1 Å². The Hall–Kier alpha value is -3.48. The van der Waals surface area contributed by atoms with E-state index in [2.05, 4.69) is 19.0 Å². The van der Waals surface area contributed by atoms with E-state index in [-0.39, 0.29) is 6.61 Å². The Morgan fingerprint density at radius 3 is 2.76 bits per heavy atom. The molecule has 7 nitrogen and oxygen atoms in total. The van der Waals surface area contributed by atoms with Crippen LogP contribution in [0.3, 0.4) is 0 Å². The van der Waals surface area contributed by atoms with Crippen LogP contribution in [-0.2, 0) is 16.1 Å². The molecule has 0 radical (unpaired) electrons. The van der Waals surface area contributed by atoms with E-state index in [4.69, 9.17) is 23.2 Å². The maximum absolute atomic E-state index is 12.0. The Balaban J connectivity index is 1.55. The van der Waals surface area contributed by atoms with Crippen molar-refractivity contribution in [2.24, 2.45) is 5.92 Å². The number of esters is 1. The third-order valence-corrected chi connectivity index (χ3v) is 3.86. The molecule has 152 valence electrons. The molecule has 1 aromatic carbocycles. The van der Waals surface area contributed by atoms with Crippen LogP contribution in [0.1, 0.15) is 25.1 Å². The Kier molecular flexibility index (Phi) is 6.73. The van der Waals surface area contributed by atoms with Crippen molar-refractivity contribution >= 4 is 12.0 Å². The summed E-state index contributed by atoms with van der Waals surface area (Å²) in [7, 11) is 1.58. The van der Waals surface area contributed by atoms with Gasteiger partial charge in [0.05, 0.1) is 20.0 Å². The number of ether oxygens (including phenoxy) is 3. The zero-order valence-electron chi connectivity index (χ0n) is 16.6. The minimum atomic E-state index is -0.494. The molecular formula is C22H23NO6. The van der Waals surface area contributed by atoms with E-state index in [1.165, 1.54) is 6.08 Å². The Bertz CT molecular complexity index is 956. The van der Waals surface area contributed by atoms with Gasteiger partial charge in [0.2, 0.25) is 5.76 Å². The highest BCUT2D eigenvalue weighted by molar-refractivity contribution is 5.87. The van der Waals surface area contributed by atoms with Gasteiger partial charge in [0.15, 0.2) is 17.3 Å². The molecule has 0 amide bonds. The summed E-state index contributed by atoms with van der Waals surface area (Å²) in [5.74, 6) is 2.22. The van der Waals surface area contributed by atoms with Crippen molar-refractivity contribution < 1.29 is 27.9 Å². The summed E-state index contributed by atoms with van der Waals surface area (Å²) in [6, 6.07) is 10.6. The molecule has 2 heterocycles. The lowest BCUT2D eigenvalue weighted by atomic mass is 10.2. The van der Waals surface area contributed by atoms with Crippen molar-refractivity contribution in [3.05, 3.63) is 60.0 Å². The maximum Gasteiger partial charge on any atom is 0.331 e. The molecule has 0 saturated heterocycles. The van der Waals surface area contributed by atoms with Crippen LogP contribution in [0.5, 0.6) is 11.5 Å². The van der Waals surface area contributed by atoms with Crippen LogP contribution in [0.25, 0.3) is 17.6 Å². The van der Waals surface area contributed by atoms with Crippen LogP contribution < -0.4 is 9.47 Å². The van der Waals surface area contributed by atoms with Crippen LogP contribution in [0, 0.1) is 5.92 Å². The molecule has 2 aromatic heterocycles. The summed E-state index contributed by atoms with van der Waals surface area (Å²) >= 11 is 0. The van der Waals surface area contributed by atoms with Crippen LogP contribution in [-0.4, -0.2) is 24.8 Å². The number of carbonyl (C=O) groups is 1. The van der Waals surface area contributed by atoms with Crippen molar-refractivity contribution in [2.45, 2.75) is 20.5 Å². The summed E-state index contributed by atoms with van der Waals surface area (Å²) in [6.45, 7) is 4.75. The fourth-order valence-electron chi connectivity index (χ4n) is 2.44. The van der Waals surface area contributed by atoms with Gasteiger partial charge in [0.1, 0.15) is 12.3 Å². The second-order valence-electron chi connectivity index (χ2n) is 6.72. The van der Waals surface area contributed by atoms with E-state index < -0.39 is 5.97 Å². The largest absolute Gasteiger partial charge is 0.493 e. The first kappa shape index (κ1) is 20.3. The third kappa shape index (κ3) is 5.75. The molecule has 0 unspecified atom stereocenters. The van der Waals surface area contributed by atoms with Crippen molar-refractivity contribution in [3.8, 4) is 23.0 Å². The SMILES string of the molecule is COc1cc(/C=C/C(=O)OCc2cc(-c3ccco3)on2)ccc1OCC(C)C. The summed E-state index contributed by atoms with van der Waals surface area (Å²) in [6.07, 6.45) is 4.53. The predicted octanol–water partition coefficient (Wildman–Crippen LogP) is 4.73. The molecule has 0 N–H and O–H groups in total. The van der Waals surface area contributed by atoms with Crippen molar-refractivity contribution in [2.75, 3.05) is 13.7 Å². The van der Waals surface area contributed by atoms with Gasteiger partial charge in [-0.05, 0) is 41.8 Å². The highest BCUT2D eigenvalue weighted by Gasteiger charge is 2.10. The van der Waals surface area contributed by atoms with Gasteiger partial charge in [-0.2, -0.15) is 0 Å². The molecule has 0 atom stereocenters. The van der Waals surface area contributed by atoms with Gasteiger partial charge in [-0.3, -0.25) is 0 Å². The van der Waals surface area contributed by atoms with E-state index in [0.29, 0.717) is 41.2 Å². The van der Waals surface area contributed by atoms with Crippen molar-refractivity contribution in [1.29, 1.82) is 0 Å². The lowest BCUT2D eigenvalue weighted by molar-refractivity contribution is -0.139. The number of benzene rings is 1. The molecule has 3 rings (SSSR count). The molecule has 0 spiro atoms. The average molecular weight is 397 g/mol. The first-order chi connectivity index (χ1) is 14.0. The van der Waals surface area contributed by atoms with Crippen LogP contribution in [0.15, 0.2) is 57.7 Å². The van der Waals surface area contributed by atoms with Crippen LogP contribution in [0.2, 0.25) is 0 Å². The minimum Gasteiger partial charge on any atom is -0.493 e. The number of hydrogen-bond donors (Lipinski definition) is 0. The second-order valence-corrected chi connectivity index (χ2v) is 6.72. The van der Waals surface area contributed by atoms with Gasteiger partial charge < -0.3 is 23.2 Å². The lowest BCUT2D eigenvalue weighted by Crippen LogP contribution is -2.05. The van der Waals surface area contributed by atoms with Crippen LogP contribution in [0.4, 0.5) is 0 Å². The highest BCUT2D eigenvalue weighted by atomic mass is 16.5. The molecule has 29 heavy (non-hydrogen) atoms. The molecule has 0 saturated carbocycles. The summed E-state index contributed by atoms with van der Waals surface area (Å²) in [5, 5.41) is 3.86. The summed E-state index contributed by atoms with van der Waals surface area (Å²) < 4.78 is 26.7. The zero-order valence-corrected chi connectivity index (χ0v) is 16.6. The maximum atomic E-state index is 12.0. The van der Waals surface area contributed by atoms with Crippen molar-refractivity contribution in [1.82, 2.24) is 5.16 Å². The highest BCUT2D eigenvalue weighted by Crippen LogP contribution is 2.29. The number of furan rings is 1. The van der Waals surface area contributed by atoms with Gasteiger partial charge >= 0.3 is 5.97 Å². The number of methoxy groups -OCH3 is 1. The lowest BCUT2D eigenvalue weighted by Gasteiger charge is -2.12. The van der Waals surface area contributed by atoms with E-state index in [1.54, 1.807) is 43.7 Å². The smallest absolute Gasteiger partial charge is 0.331 e. The number of carbonyl (C=O) groups excluding carboxylic acids is 1. The topological polar surface area (TPSA) is 83.9 Å². The first-order valence-corrected chi connectivity index (χ1v) is 9.20. The molecule has 0 aliphatic carbocycles. The third-order valence-electron chi connectivity index (χ3n) is 3.86. The Morgan fingerprint density at radius 1 is 1.17 bits per heavy atom. The van der Waals surface area contributed by atoms with Crippen molar-refractivity contribution in [3.63, 3.8) is 0 Å². The zero-order chi connectivity index (χ0) is 20.6. The monoisotopic (exact) mass is 397 g/mol. The first-order valence-electron chi connectivity index (χ1n) is 9.20. The normalized spacial score (nSPS) is 11.2. The van der Waals surface area contributed by atoms with Gasteiger partial charge in [0, 0.05) is 12.1 Å². The fourth-order valence-corrected chi connectivity index (χ4v) is 2.44. The van der Waals surface area contributed by atoms with E-state index in [1.807, 2.05) is 12.1 Å². The number of nitrogens with zero attached hydrogens (tertiary/aromatic N) is 1. The number of aromatic nitrogens is 1. The predicted molar refractivity (Wildman–Crippen MR) is 106 cm³/mol. The molecular weight excluding hydrogens is 374 g/mol. The molecule has 0 bridgehead atoms. The number of hydrogen-bond acceptors (Lipinski definition) is 7. The fraction of sp³-hybridized carbons (Fsp3) is 0.273. The molecule has 0 aliphatic heterocycles. The molecule has 0 aliphatic rings. The van der Waals surface area contributed by atoms with Crippen LogP contribution >= 0.6 is 0 Å².